The summed E-state index contributed by atoms with van der Waals surface area (Å²) in [5.74, 6) is -0.0567. The largest absolute Gasteiger partial charge is 0.346 e. The molecule has 116 valence electrons. The maximum absolute atomic E-state index is 11.0. The number of carbonyl (C=O) groups excluding carboxylic acids is 1. The summed E-state index contributed by atoms with van der Waals surface area (Å²) < 4.78 is 0. The minimum absolute atomic E-state index is 0.0567. The lowest BCUT2D eigenvalue weighted by molar-refractivity contribution is -0.114. The van der Waals surface area contributed by atoms with Gasteiger partial charge in [-0.2, -0.15) is 0 Å². The number of nitrogens with zero attached hydrogens (tertiary/aromatic N) is 3. The number of anilines is 2. The van der Waals surface area contributed by atoms with Crippen LogP contribution < -0.4 is 10.2 Å². The van der Waals surface area contributed by atoms with Gasteiger partial charge in [0, 0.05) is 49.7 Å². The van der Waals surface area contributed by atoms with Gasteiger partial charge in [-0.1, -0.05) is 12.1 Å². The molecule has 3 rings (SSSR count). The van der Waals surface area contributed by atoms with Crippen LogP contribution in [0.5, 0.6) is 0 Å². The molecule has 0 aliphatic carbocycles. The first-order chi connectivity index (χ1) is 10.6. The number of thiazole rings is 1. The molecule has 5 nitrogen and oxygen atoms in total. The summed E-state index contributed by atoms with van der Waals surface area (Å²) in [6, 6.07) is 7.80. The van der Waals surface area contributed by atoms with E-state index in [1.165, 1.54) is 6.92 Å². The van der Waals surface area contributed by atoms with Crippen LogP contribution in [0.15, 0.2) is 29.6 Å². The van der Waals surface area contributed by atoms with Crippen molar-refractivity contribution < 1.29 is 4.79 Å². The number of aromatic nitrogens is 1. The van der Waals surface area contributed by atoms with Gasteiger partial charge >= 0.3 is 0 Å². The Morgan fingerprint density at radius 1 is 1.18 bits per heavy atom. The molecule has 1 aromatic heterocycles. The molecule has 0 unspecified atom stereocenters. The van der Waals surface area contributed by atoms with Crippen LogP contribution in [-0.2, 0) is 4.79 Å². The topological polar surface area (TPSA) is 48.5 Å². The molecule has 0 saturated carbocycles. The van der Waals surface area contributed by atoms with E-state index in [2.05, 4.69) is 27.5 Å². The zero-order chi connectivity index (χ0) is 15.5. The van der Waals surface area contributed by atoms with Gasteiger partial charge in [-0.3, -0.25) is 4.79 Å². The van der Waals surface area contributed by atoms with E-state index in [0.29, 0.717) is 0 Å². The van der Waals surface area contributed by atoms with Crippen LogP contribution in [0.2, 0.25) is 0 Å². The van der Waals surface area contributed by atoms with Gasteiger partial charge in [0.1, 0.15) is 0 Å². The fraction of sp³-hybridized carbons (Fsp3) is 0.375. The van der Waals surface area contributed by atoms with E-state index in [4.69, 9.17) is 4.98 Å². The van der Waals surface area contributed by atoms with E-state index in [1.54, 1.807) is 11.3 Å². The number of likely N-dealkylation sites (N-methyl/N-ethyl adjacent to an activating group) is 1. The zero-order valence-corrected chi connectivity index (χ0v) is 13.7. The highest BCUT2D eigenvalue weighted by molar-refractivity contribution is 7.14. The van der Waals surface area contributed by atoms with Gasteiger partial charge < -0.3 is 15.1 Å². The van der Waals surface area contributed by atoms with Crippen molar-refractivity contribution in [3.05, 3.63) is 29.6 Å². The molecule has 1 fully saturated rings. The van der Waals surface area contributed by atoms with Crippen LogP contribution in [0, 0.1) is 0 Å². The Kier molecular flexibility index (Phi) is 4.40. The molecule has 1 aliphatic rings. The van der Waals surface area contributed by atoms with Gasteiger partial charge in [-0.05, 0) is 19.2 Å². The van der Waals surface area contributed by atoms with Crippen molar-refractivity contribution >= 4 is 28.1 Å². The van der Waals surface area contributed by atoms with Gasteiger partial charge in [0.2, 0.25) is 5.91 Å². The SMILES string of the molecule is CC(=O)Nc1ccc(-c2csc(N3CCN(C)CC3)n2)cc1. The summed E-state index contributed by atoms with van der Waals surface area (Å²) in [6.45, 7) is 5.74. The van der Waals surface area contributed by atoms with Gasteiger partial charge in [0.05, 0.1) is 5.69 Å². The standard InChI is InChI=1S/C16H20N4OS/c1-12(21)17-14-5-3-13(4-6-14)15-11-22-16(18-15)20-9-7-19(2)8-10-20/h3-6,11H,7-10H2,1-2H3,(H,17,21). The maximum atomic E-state index is 11.0. The van der Waals surface area contributed by atoms with Crippen LogP contribution in [0.3, 0.4) is 0 Å². The Labute approximate surface area is 134 Å². The van der Waals surface area contributed by atoms with Crippen molar-refractivity contribution in [3.8, 4) is 11.3 Å². The molecule has 0 spiro atoms. The highest BCUT2D eigenvalue weighted by Crippen LogP contribution is 2.28. The van der Waals surface area contributed by atoms with E-state index in [9.17, 15) is 4.79 Å². The van der Waals surface area contributed by atoms with E-state index in [0.717, 1.165) is 48.3 Å². The van der Waals surface area contributed by atoms with Crippen molar-refractivity contribution in [2.24, 2.45) is 0 Å². The van der Waals surface area contributed by atoms with Crippen molar-refractivity contribution in [1.29, 1.82) is 0 Å². The highest BCUT2D eigenvalue weighted by Gasteiger charge is 2.17. The lowest BCUT2D eigenvalue weighted by Crippen LogP contribution is -2.44. The molecular formula is C16H20N4OS. The number of nitrogens with one attached hydrogen (secondary N) is 1. The second-order valence-electron chi connectivity index (χ2n) is 5.56. The number of carbonyl (C=O) groups is 1. The third-order valence-electron chi connectivity index (χ3n) is 3.77. The molecule has 2 aromatic rings. The summed E-state index contributed by atoms with van der Waals surface area (Å²) in [6.07, 6.45) is 0. The maximum Gasteiger partial charge on any atom is 0.221 e. The summed E-state index contributed by atoms with van der Waals surface area (Å²) in [4.78, 5) is 20.5. The summed E-state index contributed by atoms with van der Waals surface area (Å²) >= 11 is 1.69. The van der Waals surface area contributed by atoms with Crippen LogP contribution >= 0.6 is 11.3 Å². The molecule has 1 aliphatic heterocycles. The monoisotopic (exact) mass is 316 g/mol. The minimum Gasteiger partial charge on any atom is -0.346 e. The average Bonchev–Trinajstić information content (AvgIpc) is 2.98. The fourth-order valence-electron chi connectivity index (χ4n) is 2.47. The molecule has 22 heavy (non-hydrogen) atoms. The second-order valence-corrected chi connectivity index (χ2v) is 6.40. The quantitative estimate of drug-likeness (QED) is 0.945. The number of piperazine rings is 1. The lowest BCUT2D eigenvalue weighted by atomic mass is 10.1. The predicted molar refractivity (Wildman–Crippen MR) is 91.6 cm³/mol. The van der Waals surface area contributed by atoms with Crippen LogP contribution in [0.25, 0.3) is 11.3 Å². The van der Waals surface area contributed by atoms with E-state index in [1.807, 2.05) is 24.3 Å². The third kappa shape index (κ3) is 3.45. The van der Waals surface area contributed by atoms with Crippen molar-refractivity contribution in [3.63, 3.8) is 0 Å². The van der Waals surface area contributed by atoms with Crippen molar-refractivity contribution in [2.45, 2.75) is 6.92 Å². The number of hydrogen-bond donors (Lipinski definition) is 1. The van der Waals surface area contributed by atoms with E-state index in [-0.39, 0.29) is 5.91 Å². The Hall–Kier alpha value is -1.92. The molecule has 6 heteroatoms. The first-order valence-electron chi connectivity index (χ1n) is 7.39. The first kappa shape index (κ1) is 15.0. The van der Waals surface area contributed by atoms with Crippen LogP contribution in [-0.4, -0.2) is 49.0 Å². The number of rotatable bonds is 3. The Bertz CT molecular complexity index is 644. The normalized spacial score (nSPS) is 15.8. The number of benzene rings is 1. The molecule has 0 atom stereocenters. The molecule has 0 radical (unpaired) electrons. The average molecular weight is 316 g/mol. The minimum atomic E-state index is -0.0567. The van der Waals surface area contributed by atoms with Crippen molar-refractivity contribution in [2.75, 3.05) is 43.4 Å². The van der Waals surface area contributed by atoms with Crippen molar-refractivity contribution in [1.82, 2.24) is 9.88 Å². The molecule has 2 heterocycles. The van der Waals surface area contributed by atoms with Crippen LogP contribution in [0.4, 0.5) is 10.8 Å². The third-order valence-corrected chi connectivity index (χ3v) is 4.67. The number of amides is 1. The Morgan fingerprint density at radius 3 is 2.50 bits per heavy atom. The molecular weight excluding hydrogens is 296 g/mol. The Morgan fingerprint density at radius 2 is 1.86 bits per heavy atom. The van der Waals surface area contributed by atoms with E-state index < -0.39 is 0 Å². The van der Waals surface area contributed by atoms with Gasteiger partial charge in [-0.15, -0.1) is 11.3 Å². The second kappa shape index (κ2) is 6.46. The smallest absolute Gasteiger partial charge is 0.221 e. The molecule has 1 aromatic carbocycles. The van der Waals surface area contributed by atoms with Gasteiger partial charge in [-0.25, -0.2) is 4.98 Å². The lowest BCUT2D eigenvalue weighted by Gasteiger charge is -2.32. The summed E-state index contributed by atoms with van der Waals surface area (Å²) in [7, 11) is 2.15. The van der Waals surface area contributed by atoms with Gasteiger partial charge in [0.25, 0.3) is 0 Å². The summed E-state index contributed by atoms with van der Waals surface area (Å²) in [5.41, 5.74) is 2.88. The Balaban J connectivity index is 1.72. The van der Waals surface area contributed by atoms with Crippen LogP contribution in [0.1, 0.15) is 6.92 Å². The summed E-state index contributed by atoms with van der Waals surface area (Å²) in [5, 5.41) is 5.96. The zero-order valence-electron chi connectivity index (χ0n) is 12.9. The predicted octanol–water partition coefficient (Wildman–Crippen LogP) is 2.52. The van der Waals surface area contributed by atoms with E-state index >= 15 is 0 Å². The first-order valence-corrected chi connectivity index (χ1v) is 8.27. The molecule has 0 bridgehead atoms. The van der Waals surface area contributed by atoms with Gasteiger partial charge in [0.15, 0.2) is 5.13 Å². The highest BCUT2D eigenvalue weighted by atomic mass is 32.1. The number of hydrogen-bond acceptors (Lipinski definition) is 5. The molecule has 1 amide bonds. The molecule has 1 N–H and O–H groups in total. The molecule has 1 saturated heterocycles. The fourth-order valence-corrected chi connectivity index (χ4v) is 3.36.